The maximum absolute atomic E-state index is 6.15. The van der Waals surface area contributed by atoms with Gasteiger partial charge < -0.3 is 10.2 Å². The molecule has 2 heteroatoms. The van der Waals surface area contributed by atoms with Crippen LogP contribution >= 0.6 is 0 Å². The second-order valence-corrected chi connectivity index (χ2v) is 4.23. The van der Waals surface area contributed by atoms with Crippen molar-refractivity contribution in [1.82, 2.24) is 0 Å². The van der Waals surface area contributed by atoms with Crippen molar-refractivity contribution in [3.63, 3.8) is 0 Å². The Morgan fingerprint density at radius 1 is 1.25 bits per heavy atom. The van der Waals surface area contributed by atoms with Crippen LogP contribution in [-0.2, 0) is 6.42 Å². The summed E-state index contributed by atoms with van der Waals surface area (Å²) in [6.45, 7) is 4.05. The molecule has 1 aromatic heterocycles. The minimum Gasteiger partial charge on any atom is -0.469 e. The van der Waals surface area contributed by atoms with Crippen LogP contribution in [0.4, 0.5) is 0 Å². The fraction of sp³-hybridized carbons (Fsp3) is 0.286. The lowest BCUT2D eigenvalue weighted by Crippen LogP contribution is -2.13. The molecule has 0 spiro atoms. The monoisotopic (exact) mass is 215 g/mol. The zero-order valence-electron chi connectivity index (χ0n) is 9.73. The predicted molar refractivity (Wildman–Crippen MR) is 65.3 cm³/mol. The van der Waals surface area contributed by atoms with Crippen LogP contribution < -0.4 is 5.73 Å². The van der Waals surface area contributed by atoms with Crippen molar-refractivity contribution in [3.8, 4) is 0 Å². The zero-order chi connectivity index (χ0) is 11.5. The van der Waals surface area contributed by atoms with Gasteiger partial charge >= 0.3 is 0 Å². The van der Waals surface area contributed by atoms with Gasteiger partial charge in [0.15, 0.2) is 0 Å². The van der Waals surface area contributed by atoms with Crippen LogP contribution in [0, 0.1) is 13.8 Å². The van der Waals surface area contributed by atoms with Crippen molar-refractivity contribution in [2.45, 2.75) is 26.3 Å². The Morgan fingerprint density at radius 3 is 2.62 bits per heavy atom. The van der Waals surface area contributed by atoms with E-state index in [1.807, 2.05) is 19.1 Å². The molecule has 0 bridgehead atoms. The molecule has 84 valence electrons. The highest BCUT2D eigenvalue weighted by Gasteiger charge is 2.10. The van der Waals surface area contributed by atoms with E-state index in [2.05, 4.69) is 25.1 Å². The zero-order valence-corrected chi connectivity index (χ0v) is 9.73. The summed E-state index contributed by atoms with van der Waals surface area (Å²) in [5, 5.41) is 0. The van der Waals surface area contributed by atoms with Gasteiger partial charge in [-0.3, -0.25) is 0 Å². The molecule has 2 N–H and O–H groups in total. The van der Waals surface area contributed by atoms with E-state index in [0.717, 1.165) is 17.7 Å². The smallest absolute Gasteiger partial charge is 0.101 e. The van der Waals surface area contributed by atoms with Crippen LogP contribution in [0.15, 0.2) is 41.0 Å². The molecule has 1 unspecified atom stereocenters. The minimum atomic E-state index is 0.0125. The molecule has 0 fully saturated rings. The maximum atomic E-state index is 6.15. The summed E-state index contributed by atoms with van der Waals surface area (Å²) in [6.07, 6.45) is 2.60. The quantitative estimate of drug-likeness (QED) is 0.854. The normalized spacial score (nSPS) is 12.7. The Labute approximate surface area is 96.1 Å². The molecule has 2 aromatic rings. The molecule has 1 heterocycles. The number of rotatable bonds is 3. The number of hydrogen-bond donors (Lipinski definition) is 1. The third kappa shape index (κ3) is 2.34. The van der Waals surface area contributed by atoms with Crippen molar-refractivity contribution >= 4 is 0 Å². The number of hydrogen-bond acceptors (Lipinski definition) is 2. The molecular weight excluding hydrogens is 198 g/mol. The van der Waals surface area contributed by atoms with Gasteiger partial charge in [0.1, 0.15) is 5.76 Å². The first-order valence-electron chi connectivity index (χ1n) is 5.52. The van der Waals surface area contributed by atoms with E-state index in [0.29, 0.717) is 0 Å². The highest BCUT2D eigenvalue weighted by Crippen LogP contribution is 2.20. The summed E-state index contributed by atoms with van der Waals surface area (Å²) in [4.78, 5) is 0. The van der Waals surface area contributed by atoms with Gasteiger partial charge in [-0.15, -0.1) is 0 Å². The van der Waals surface area contributed by atoms with Gasteiger partial charge in [-0.05, 0) is 37.5 Å². The lowest BCUT2D eigenvalue weighted by molar-refractivity contribution is 0.528. The molecule has 16 heavy (non-hydrogen) atoms. The molecule has 2 nitrogen and oxygen atoms in total. The fourth-order valence-corrected chi connectivity index (χ4v) is 1.85. The van der Waals surface area contributed by atoms with Gasteiger partial charge in [0.05, 0.1) is 6.26 Å². The van der Waals surface area contributed by atoms with Crippen molar-refractivity contribution in [2.75, 3.05) is 0 Å². The topological polar surface area (TPSA) is 39.2 Å². The van der Waals surface area contributed by atoms with Crippen molar-refractivity contribution < 1.29 is 4.42 Å². The summed E-state index contributed by atoms with van der Waals surface area (Å²) < 4.78 is 5.27. The van der Waals surface area contributed by atoms with Gasteiger partial charge in [-0.1, -0.05) is 24.3 Å². The van der Waals surface area contributed by atoms with Crippen LogP contribution in [0.2, 0.25) is 0 Å². The number of nitrogens with two attached hydrogens (primary N) is 1. The number of aryl methyl sites for hydroxylation is 2. The molecule has 0 aliphatic heterocycles. The van der Waals surface area contributed by atoms with E-state index < -0.39 is 0 Å². The van der Waals surface area contributed by atoms with Gasteiger partial charge in [-0.2, -0.15) is 0 Å². The Bertz CT molecular complexity index is 473. The average Bonchev–Trinajstić information content (AvgIpc) is 2.68. The van der Waals surface area contributed by atoms with Crippen molar-refractivity contribution in [2.24, 2.45) is 5.73 Å². The van der Waals surface area contributed by atoms with E-state index in [9.17, 15) is 0 Å². The molecule has 0 saturated heterocycles. The third-order valence-electron chi connectivity index (χ3n) is 2.88. The highest BCUT2D eigenvalue weighted by atomic mass is 16.3. The van der Waals surface area contributed by atoms with Gasteiger partial charge in [-0.25, -0.2) is 0 Å². The standard InChI is InChI=1S/C14H17NO/c1-10-5-3-4-6-12(10)8-14(15)13-7-11(2)16-9-13/h3-7,9,14H,8,15H2,1-2H3. The molecule has 0 saturated carbocycles. The molecule has 0 amide bonds. The minimum absolute atomic E-state index is 0.0125. The Kier molecular flexibility index (Phi) is 3.11. The number of benzene rings is 1. The van der Waals surface area contributed by atoms with E-state index >= 15 is 0 Å². The van der Waals surface area contributed by atoms with E-state index in [1.54, 1.807) is 6.26 Å². The molecule has 1 aromatic carbocycles. The Balaban J connectivity index is 2.13. The first kappa shape index (κ1) is 11.0. The number of furan rings is 1. The SMILES string of the molecule is Cc1cc(C(N)Cc2ccccc2C)co1. The van der Waals surface area contributed by atoms with Crippen LogP contribution in [0.1, 0.15) is 28.5 Å². The lowest BCUT2D eigenvalue weighted by Gasteiger charge is -2.11. The molecule has 0 aliphatic carbocycles. The van der Waals surface area contributed by atoms with Crippen LogP contribution in [0.3, 0.4) is 0 Å². The lowest BCUT2D eigenvalue weighted by atomic mass is 9.98. The second-order valence-electron chi connectivity index (χ2n) is 4.23. The molecule has 2 rings (SSSR count). The molecular formula is C14H17NO. The van der Waals surface area contributed by atoms with Crippen LogP contribution in [0.25, 0.3) is 0 Å². The Morgan fingerprint density at radius 2 is 2.00 bits per heavy atom. The van der Waals surface area contributed by atoms with Gasteiger partial charge in [0, 0.05) is 11.6 Å². The van der Waals surface area contributed by atoms with Crippen LogP contribution in [-0.4, -0.2) is 0 Å². The maximum Gasteiger partial charge on any atom is 0.101 e. The fourth-order valence-electron chi connectivity index (χ4n) is 1.85. The first-order chi connectivity index (χ1) is 7.66. The molecule has 1 atom stereocenters. The summed E-state index contributed by atoms with van der Waals surface area (Å²) in [6, 6.07) is 10.4. The van der Waals surface area contributed by atoms with E-state index in [4.69, 9.17) is 10.2 Å². The summed E-state index contributed by atoms with van der Waals surface area (Å²) in [7, 11) is 0. The Hall–Kier alpha value is -1.54. The molecule has 0 aliphatic rings. The molecule has 0 radical (unpaired) electrons. The third-order valence-corrected chi connectivity index (χ3v) is 2.88. The second kappa shape index (κ2) is 4.54. The predicted octanol–water partition coefficient (Wildman–Crippen LogP) is 3.14. The summed E-state index contributed by atoms with van der Waals surface area (Å²) in [5.41, 5.74) is 9.81. The van der Waals surface area contributed by atoms with E-state index in [-0.39, 0.29) is 6.04 Å². The van der Waals surface area contributed by atoms with Crippen molar-refractivity contribution in [3.05, 3.63) is 59.0 Å². The van der Waals surface area contributed by atoms with Crippen LogP contribution in [0.5, 0.6) is 0 Å². The van der Waals surface area contributed by atoms with E-state index in [1.165, 1.54) is 11.1 Å². The summed E-state index contributed by atoms with van der Waals surface area (Å²) in [5.74, 6) is 0.912. The largest absolute Gasteiger partial charge is 0.469 e. The first-order valence-corrected chi connectivity index (χ1v) is 5.52. The van der Waals surface area contributed by atoms with Crippen molar-refractivity contribution in [1.29, 1.82) is 0 Å². The average molecular weight is 215 g/mol. The summed E-state index contributed by atoms with van der Waals surface area (Å²) >= 11 is 0. The van der Waals surface area contributed by atoms with Gasteiger partial charge in [0.2, 0.25) is 0 Å². The van der Waals surface area contributed by atoms with Gasteiger partial charge in [0.25, 0.3) is 0 Å². The highest BCUT2D eigenvalue weighted by molar-refractivity contribution is 5.28.